The van der Waals surface area contributed by atoms with E-state index in [2.05, 4.69) is 15.4 Å². The first kappa shape index (κ1) is 18.3. The number of methoxy groups -OCH3 is 1. The first-order chi connectivity index (χ1) is 11.8. The van der Waals surface area contributed by atoms with Crippen molar-refractivity contribution in [3.63, 3.8) is 0 Å². The fourth-order valence-electron chi connectivity index (χ4n) is 1.98. The fourth-order valence-corrected chi connectivity index (χ4v) is 1.98. The summed E-state index contributed by atoms with van der Waals surface area (Å²) in [4.78, 5) is 23.0. The summed E-state index contributed by atoms with van der Waals surface area (Å²) in [6.07, 6.45) is -4.30. The number of anilines is 2. The number of halogens is 3. The summed E-state index contributed by atoms with van der Waals surface area (Å²) in [5.74, 6) is -0.374. The molecule has 0 atom stereocenters. The molecule has 2 N–H and O–H groups in total. The molecule has 0 saturated heterocycles. The molecule has 0 aromatic heterocycles. The van der Waals surface area contributed by atoms with E-state index in [0.29, 0.717) is 5.69 Å². The highest BCUT2D eigenvalue weighted by Gasteiger charge is 2.29. The van der Waals surface area contributed by atoms with Crippen LogP contribution in [0.5, 0.6) is 0 Å². The third-order valence-corrected chi connectivity index (χ3v) is 3.26. The van der Waals surface area contributed by atoms with Crippen molar-refractivity contribution in [2.45, 2.75) is 12.6 Å². The average molecular weight is 352 g/mol. The molecule has 0 fully saturated rings. The molecule has 0 unspecified atom stereocenters. The van der Waals surface area contributed by atoms with Crippen LogP contribution in [-0.4, -0.2) is 19.1 Å². The number of rotatable bonds is 4. The normalized spacial score (nSPS) is 10.9. The van der Waals surface area contributed by atoms with Crippen LogP contribution < -0.4 is 10.6 Å². The van der Waals surface area contributed by atoms with Gasteiger partial charge in [-0.1, -0.05) is 12.1 Å². The number of nitrogens with one attached hydrogen (secondary N) is 2. The third kappa shape index (κ3) is 5.52. The van der Waals surface area contributed by atoms with Gasteiger partial charge < -0.3 is 15.4 Å². The highest BCUT2D eigenvalue weighted by Crippen LogP contribution is 2.29. The van der Waals surface area contributed by atoms with Crippen molar-refractivity contribution in [1.82, 2.24) is 0 Å². The van der Waals surface area contributed by atoms with E-state index in [1.165, 1.54) is 19.2 Å². The Kier molecular flexibility index (Phi) is 5.63. The molecule has 0 spiro atoms. The van der Waals surface area contributed by atoms with E-state index in [9.17, 15) is 22.8 Å². The summed E-state index contributed by atoms with van der Waals surface area (Å²) < 4.78 is 42.0. The van der Waals surface area contributed by atoms with Crippen molar-refractivity contribution in [3.05, 3.63) is 59.7 Å². The molecule has 2 amide bonds. The number of amides is 2. The lowest BCUT2D eigenvalue weighted by atomic mass is 10.1. The molecule has 2 aromatic carbocycles. The smallest absolute Gasteiger partial charge is 0.416 e. The van der Waals surface area contributed by atoms with Gasteiger partial charge in [0.15, 0.2) is 0 Å². The molecule has 2 rings (SSSR count). The molecule has 0 radical (unpaired) electrons. The number of ether oxygens (including phenoxy) is 1. The summed E-state index contributed by atoms with van der Waals surface area (Å²) in [7, 11) is 1.30. The van der Waals surface area contributed by atoms with Gasteiger partial charge in [0.2, 0.25) is 0 Å². The standard InChI is InChI=1S/C17H15F3N2O3/c1-25-15(23)10-11-2-6-13(7-3-11)21-16(24)22-14-8-4-12(5-9-14)17(18,19)20/h2-9H,10H2,1H3,(H2,21,22,24). The van der Waals surface area contributed by atoms with Gasteiger partial charge in [0.05, 0.1) is 19.1 Å². The van der Waals surface area contributed by atoms with Gasteiger partial charge in [-0.05, 0) is 42.0 Å². The van der Waals surface area contributed by atoms with Gasteiger partial charge in [0.1, 0.15) is 0 Å². The molecule has 8 heteroatoms. The lowest BCUT2D eigenvalue weighted by Gasteiger charge is -2.10. The molecular weight excluding hydrogens is 337 g/mol. The van der Waals surface area contributed by atoms with Crippen molar-refractivity contribution in [2.75, 3.05) is 17.7 Å². The van der Waals surface area contributed by atoms with Crippen molar-refractivity contribution >= 4 is 23.4 Å². The zero-order chi connectivity index (χ0) is 18.4. The maximum absolute atomic E-state index is 12.5. The number of benzene rings is 2. The lowest BCUT2D eigenvalue weighted by Crippen LogP contribution is -2.19. The first-order valence-electron chi connectivity index (χ1n) is 7.19. The maximum Gasteiger partial charge on any atom is 0.416 e. The minimum absolute atomic E-state index is 0.120. The predicted molar refractivity (Wildman–Crippen MR) is 86.2 cm³/mol. The van der Waals surface area contributed by atoms with E-state index in [1.54, 1.807) is 24.3 Å². The van der Waals surface area contributed by atoms with E-state index in [0.717, 1.165) is 17.7 Å². The highest BCUT2D eigenvalue weighted by molar-refractivity contribution is 5.99. The van der Waals surface area contributed by atoms with E-state index in [-0.39, 0.29) is 18.1 Å². The lowest BCUT2D eigenvalue weighted by molar-refractivity contribution is -0.140. The van der Waals surface area contributed by atoms with Crippen LogP contribution in [0.4, 0.5) is 29.3 Å². The Morgan fingerprint density at radius 3 is 1.84 bits per heavy atom. The average Bonchev–Trinajstić information content (AvgIpc) is 2.56. The van der Waals surface area contributed by atoms with Crippen LogP contribution in [-0.2, 0) is 22.1 Å². The molecule has 0 aliphatic rings. The molecular formula is C17H15F3N2O3. The largest absolute Gasteiger partial charge is 0.469 e. The van der Waals surface area contributed by atoms with Gasteiger partial charge in [-0.15, -0.1) is 0 Å². The minimum Gasteiger partial charge on any atom is -0.469 e. The molecule has 0 aliphatic carbocycles. The van der Waals surface area contributed by atoms with Crippen LogP contribution in [0.1, 0.15) is 11.1 Å². The molecule has 0 heterocycles. The molecule has 5 nitrogen and oxygen atoms in total. The van der Waals surface area contributed by atoms with Gasteiger partial charge in [-0.2, -0.15) is 13.2 Å². The maximum atomic E-state index is 12.5. The van der Waals surface area contributed by atoms with Gasteiger partial charge >= 0.3 is 18.2 Å². The van der Waals surface area contributed by atoms with Crippen molar-refractivity contribution in [3.8, 4) is 0 Å². The summed E-state index contributed by atoms with van der Waals surface area (Å²) >= 11 is 0. The van der Waals surface area contributed by atoms with Gasteiger partial charge in [0.25, 0.3) is 0 Å². The summed E-state index contributed by atoms with van der Waals surface area (Å²) in [6.45, 7) is 0. The predicted octanol–water partition coefficient (Wildman–Crippen LogP) is 4.06. The number of hydrogen-bond acceptors (Lipinski definition) is 3. The summed E-state index contributed by atoms with van der Waals surface area (Å²) in [6, 6.07) is 10.0. The van der Waals surface area contributed by atoms with Crippen LogP contribution in [0.15, 0.2) is 48.5 Å². The number of urea groups is 1. The van der Waals surface area contributed by atoms with Crippen molar-refractivity contribution in [2.24, 2.45) is 0 Å². The van der Waals surface area contributed by atoms with E-state index in [4.69, 9.17) is 0 Å². The number of carbonyl (C=O) groups excluding carboxylic acids is 2. The minimum atomic E-state index is -4.42. The zero-order valence-corrected chi connectivity index (χ0v) is 13.2. The molecule has 132 valence electrons. The number of hydrogen-bond donors (Lipinski definition) is 2. The first-order valence-corrected chi connectivity index (χ1v) is 7.19. The Morgan fingerprint density at radius 1 is 0.920 bits per heavy atom. The SMILES string of the molecule is COC(=O)Cc1ccc(NC(=O)Nc2ccc(C(F)(F)F)cc2)cc1. The van der Waals surface area contributed by atoms with Crippen LogP contribution in [0.2, 0.25) is 0 Å². The molecule has 0 bridgehead atoms. The van der Waals surface area contributed by atoms with Gasteiger partial charge in [-0.25, -0.2) is 4.79 Å². The second kappa shape index (κ2) is 7.69. The molecule has 2 aromatic rings. The topological polar surface area (TPSA) is 67.4 Å². The Bertz CT molecular complexity index is 741. The zero-order valence-electron chi connectivity index (χ0n) is 13.2. The molecule has 0 aliphatic heterocycles. The highest BCUT2D eigenvalue weighted by atomic mass is 19.4. The number of alkyl halides is 3. The summed E-state index contributed by atoms with van der Waals surface area (Å²) in [5.41, 5.74) is 0.631. The van der Waals surface area contributed by atoms with E-state index < -0.39 is 17.8 Å². The van der Waals surface area contributed by atoms with E-state index in [1.807, 2.05) is 0 Å². The van der Waals surface area contributed by atoms with Crippen LogP contribution in [0.3, 0.4) is 0 Å². The quantitative estimate of drug-likeness (QED) is 0.816. The molecule has 25 heavy (non-hydrogen) atoms. The van der Waals surface area contributed by atoms with E-state index >= 15 is 0 Å². The monoisotopic (exact) mass is 352 g/mol. The summed E-state index contributed by atoms with van der Waals surface area (Å²) in [5, 5.41) is 4.97. The van der Waals surface area contributed by atoms with Gasteiger partial charge in [0, 0.05) is 11.4 Å². The molecule has 0 saturated carbocycles. The fraction of sp³-hybridized carbons (Fsp3) is 0.176. The van der Waals surface area contributed by atoms with Crippen LogP contribution in [0.25, 0.3) is 0 Å². The second-order valence-corrected chi connectivity index (χ2v) is 5.10. The third-order valence-electron chi connectivity index (χ3n) is 3.26. The number of carbonyl (C=O) groups is 2. The van der Waals surface area contributed by atoms with Crippen molar-refractivity contribution < 1.29 is 27.5 Å². The Balaban J connectivity index is 1.92. The van der Waals surface area contributed by atoms with Crippen LogP contribution >= 0.6 is 0 Å². The Labute approximate surface area is 141 Å². The Morgan fingerprint density at radius 2 is 1.40 bits per heavy atom. The second-order valence-electron chi connectivity index (χ2n) is 5.10. The number of esters is 1. The van der Waals surface area contributed by atoms with Crippen molar-refractivity contribution in [1.29, 1.82) is 0 Å². The van der Waals surface area contributed by atoms with Gasteiger partial charge in [-0.3, -0.25) is 4.79 Å². The van der Waals surface area contributed by atoms with Crippen LogP contribution in [0, 0.1) is 0 Å². The Hall–Kier alpha value is -3.03.